The average Bonchev–Trinajstić information content (AvgIpc) is 2.92. The Labute approximate surface area is 132 Å². The van der Waals surface area contributed by atoms with Gasteiger partial charge in [-0.25, -0.2) is 5.84 Å². The van der Waals surface area contributed by atoms with Crippen molar-refractivity contribution in [3.8, 4) is 0 Å². The standard InChI is InChI=1S/C12H18ClN7S/c1-3-20(4-2)12-17-10(16-11(18-12)19-14)15-7-8-5-6-9(13)21-8/h5-6H,3-4,7,14H2,1-2H3,(H2,15,16,17,18,19). The Balaban J connectivity index is 2.16. The fourth-order valence-corrected chi connectivity index (χ4v) is 2.80. The lowest BCUT2D eigenvalue weighted by Crippen LogP contribution is -2.26. The highest BCUT2D eigenvalue weighted by atomic mass is 35.5. The number of anilines is 3. The Bertz CT molecular complexity index is 585. The zero-order chi connectivity index (χ0) is 15.2. The molecule has 0 atom stereocenters. The summed E-state index contributed by atoms with van der Waals surface area (Å²) in [5.41, 5.74) is 2.47. The van der Waals surface area contributed by atoms with Gasteiger partial charge in [0.25, 0.3) is 0 Å². The van der Waals surface area contributed by atoms with Crippen molar-refractivity contribution in [1.29, 1.82) is 0 Å². The van der Waals surface area contributed by atoms with E-state index < -0.39 is 0 Å². The first-order chi connectivity index (χ1) is 10.2. The molecule has 0 spiro atoms. The van der Waals surface area contributed by atoms with Crippen molar-refractivity contribution in [2.45, 2.75) is 20.4 Å². The molecule has 2 rings (SSSR count). The fraction of sp³-hybridized carbons (Fsp3) is 0.417. The second-order valence-corrected chi connectivity index (χ2v) is 5.96. The normalized spacial score (nSPS) is 10.5. The van der Waals surface area contributed by atoms with Crippen molar-refractivity contribution in [2.75, 3.05) is 28.7 Å². The highest BCUT2D eigenvalue weighted by molar-refractivity contribution is 7.16. The van der Waals surface area contributed by atoms with E-state index in [1.807, 2.05) is 30.9 Å². The predicted octanol–water partition coefficient (Wildman–Crippen LogP) is 2.33. The number of nitrogen functional groups attached to an aromatic ring is 1. The Morgan fingerprint density at radius 3 is 2.48 bits per heavy atom. The van der Waals surface area contributed by atoms with Crippen molar-refractivity contribution in [3.05, 3.63) is 21.3 Å². The number of aromatic nitrogens is 3. The predicted molar refractivity (Wildman–Crippen MR) is 87.9 cm³/mol. The maximum atomic E-state index is 5.91. The fourth-order valence-electron chi connectivity index (χ4n) is 1.77. The molecule has 0 saturated heterocycles. The second kappa shape index (κ2) is 7.39. The van der Waals surface area contributed by atoms with Gasteiger partial charge in [-0.2, -0.15) is 15.0 Å². The van der Waals surface area contributed by atoms with E-state index in [9.17, 15) is 0 Å². The van der Waals surface area contributed by atoms with Gasteiger partial charge in [0.05, 0.1) is 10.9 Å². The Kier molecular flexibility index (Phi) is 5.54. The minimum absolute atomic E-state index is 0.332. The molecular formula is C12H18ClN7S. The number of thiophene rings is 1. The Morgan fingerprint density at radius 1 is 1.19 bits per heavy atom. The minimum atomic E-state index is 0.332. The lowest BCUT2D eigenvalue weighted by Gasteiger charge is -2.19. The molecule has 0 amide bonds. The third-order valence-electron chi connectivity index (χ3n) is 2.85. The zero-order valence-electron chi connectivity index (χ0n) is 11.9. The van der Waals surface area contributed by atoms with Crippen LogP contribution in [0.1, 0.15) is 18.7 Å². The van der Waals surface area contributed by atoms with Crippen LogP contribution in [0.5, 0.6) is 0 Å². The molecule has 0 aliphatic heterocycles. The summed E-state index contributed by atoms with van der Waals surface area (Å²) in [5, 5.41) is 3.16. The number of nitrogens with zero attached hydrogens (tertiary/aromatic N) is 4. The summed E-state index contributed by atoms with van der Waals surface area (Å²) in [7, 11) is 0. The summed E-state index contributed by atoms with van der Waals surface area (Å²) in [4.78, 5) is 16.0. The SMILES string of the molecule is CCN(CC)c1nc(NN)nc(NCc2ccc(Cl)s2)n1. The van der Waals surface area contributed by atoms with Crippen LogP contribution in [-0.4, -0.2) is 28.0 Å². The number of hydrazine groups is 1. The highest BCUT2D eigenvalue weighted by Crippen LogP contribution is 2.22. The molecule has 114 valence electrons. The Morgan fingerprint density at radius 2 is 1.90 bits per heavy atom. The van der Waals surface area contributed by atoms with Gasteiger partial charge in [0.1, 0.15) is 0 Å². The van der Waals surface area contributed by atoms with Crippen LogP contribution in [0.2, 0.25) is 4.34 Å². The van der Waals surface area contributed by atoms with Crippen LogP contribution in [0.4, 0.5) is 17.8 Å². The van der Waals surface area contributed by atoms with Crippen LogP contribution < -0.4 is 21.5 Å². The maximum absolute atomic E-state index is 5.91. The van der Waals surface area contributed by atoms with Crippen LogP contribution in [0.25, 0.3) is 0 Å². The Hall–Kier alpha value is -1.64. The first-order valence-electron chi connectivity index (χ1n) is 6.62. The molecule has 4 N–H and O–H groups in total. The lowest BCUT2D eigenvalue weighted by molar-refractivity contribution is 0.812. The lowest BCUT2D eigenvalue weighted by atomic mass is 10.5. The quantitative estimate of drug-likeness (QED) is 0.531. The summed E-state index contributed by atoms with van der Waals surface area (Å²) < 4.78 is 0.760. The summed E-state index contributed by atoms with van der Waals surface area (Å²) in [6.45, 7) is 6.31. The monoisotopic (exact) mass is 327 g/mol. The van der Waals surface area contributed by atoms with Crippen LogP contribution in [0, 0.1) is 0 Å². The van der Waals surface area contributed by atoms with Crippen molar-refractivity contribution >= 4 is 40.8 Å². The van der Waals surface area contributed by atoms with Crippen LogP contribution in [0.15, 0.2) is 12.1 Å². The molecule has 2 heterocycles. The van der Waals surface area contributed by atoms with E-state index in [0.717, 1.165) is 22.3 Å². The molecule has 0 saturated carbocycles. The van der Waals surface area contributed by atoms with E-state index in [4.69, 9.17) is 17.4 Å². The molecular weight excluding hydrogens is 310 g/mol. The molecule has 0 radical (unpaired) electrons. The number of rotatable bonds is 7. The van der Waals surface area contributed by atoms with Gasteiger partial charge in [-0.3, -0.25) is 5.43 Å². The van der Waals surface area contributed by atoms with E-state index in [2.05, 4.69) is 25.7 Å². The summed E-state index contributed by atoms with van der Waals surface area (Å²) in [6.07, 6.45) is 0. The van der Waals surface area contributed by atoms with Gasteiger partial charge in [0.15, 0.2) is 0 Å². The van der Waals surface area contributed by atoms with Crippen molar-refractivity contribution in [3.63, 3.8) is 0 Å². The number of hydrogen-bond donors (Lipinski definition) is 3. The number of nitrogens with one attached hydrogen (secondary N) is 2. The van der Waals surface area contributed by atoms with E-state index in [0.29, 0.717) is 24.4 Å². The highest BCUT2D eigenvalue weighted by Gasteiger charge is 2.10. The van der Waals surface area contributed by atoms with Crippen molar-refractivity contribution in [1.82, 2.24) is 15.0 Å². The smallest absolute Gasteiger partial charge is 0.243 e. The van der Waals surface area contributed by atoms with Gasteiger partial charge in [-0.05, 0) is 26.0 Å². The molecule has 0 aromatic carbocycles. The van der Waals surface area contributed by atoms with E-state index in [1.165, 1.54) is 11.3 Å². The topological polar surface area (TPSA) is 92.0 Å². The third-order valence-corrected chi connectivity index (χ3v) is 4.08. The molecule has 0 aliphatic rings. The molecule has 0 bridgehead atoms. The van der Waals surface area contributed by atoms with Crippen molar-refractivity contribution in [2.24, 2.45) is 5.84 Å². The van der Waals surface area contributed by atoms with E-state index in [1.54, 1.807) is 0 Å². The molecule has 2 aromatic rings. The number of hydrogen-bond acceptors (Lipinski definition) is 8. The van der Waals surface area contributed by atoms with Crippen LogP contribution in [-0.2, 0) is 6.54 Å². The van der Waals surface area contributed by atoms with Crippen LogP contribution in [0.3, 0.4) is 0 Å². The molecule has 2 aromatic heterocycles. The third kappa shape index (κ3) is 4.16. The first kappa shape index (κ1) is 15.7. The molecule has 7 nitrogen and oxygen atoms in total. The molecule has 0 fully saturated rings. The summed E-state index contributed by atoms with van der Waals surface area (Å²) in [5.74, 6) is 6.82. The average molecular weight is 328 g/mol. The van der Waals surface area contributed by atoms with Gasteiger partial charge >= 0.3 is 0 Å². The van der Waals surface area contributed by atoms with E-state index >= 15 is 0 Å². The van der Waals surface area contributed by atoms with Gasteiger partial charge in [-0.1, -0.05) is 11.6 Å². The van der Waals surface area contributed by atoms with Crippen molar-refractivity contribution < 1.29 is 0 Å². The molecule has 9 heteroatoms. The zero-order valence-corrected chi connectivity index (χ0v) is 13.5. The minimum Gasteiger partial charge on any atom is -0.349 e. The molecule has 0 aliphatic carbocycles. The van der Waals surface area contributed by atoms with E-state index in [-0.39, 0.29) is 0 Å². The van der Waals surface area contributed by atoms with Crippen LogP contribution >= 0.6 is 22.9 Å². The summed E-state index contributed by atoms with van der Waals surface area (Å²) in [6, 6.07) is 3.83. The van der Waals surface area contributed by atoms with Gasteiger partial charge < -0.3 is 10.2 Å². The van der Waals surface area contributed by atoms with Gasteiger partial charge in [0, 0.05) is 18.0 Å². The largest absolute Gasteiger partial charge is 0.349 e. The second-order valence-electron chi connectivity index (χ2n) is 4.16. The van der Waals surface area contributed by atoms with Gasteiger partial charge in [0.2, 0.25) is 17.8 Å². The first-order valence-corrected chi connectivity index (χ1v) is 7.81. The molecule has 21 heavy (non-hydrogen) atoms. The molecule has 0 unspecified atom stereocenters. The number of halogens is 1. The summed E-state index contributed by atoms with van der Waals surface area (Å²) >= 11 is 7.43. The number of nitrogens with two attached hydrogens (primary N) is 1. The maximum Gasteiger partial charge on any atom is 0.243 e. The van der Waals surface area contributed by atoms with Gasteiger partial charge in [-0.15, -0.1) is 11.3 Å².